The fraction of sp³-hybridized carbons (Fsp3) is 0.538. The van der Waals surface area contributed by atoms with Gasteiger partial charge in [0.2, 0.25) is 10.0 Å². The zero-order chi connectivity index (χ0) is 13.7. The van der Waals surface area contributed by atoms with Crippen molar-refractivity contribution in [2.24, 2.45) is 0 Å². The average Bonchev–Trinajstić information content (AvgIpc) is 2.42. The minimum Gasteiger partial charge on any atom is -0.508 e. The summed E-state index contributed by atoms with van der Waals surface area (Å²) in [5.41, 5.74) is 1.00. The van der Waals surface area contributed by atoms with E-state index in [-0.39, 0.29) is 11.0 Å². The normalized spacial score (nSPS) is 20.3. The van der Waals surface area contributed by atoms with E-state index in [4.69, 9.17) is 5.11 Å². The highest BCUT2D eigenvalue weighted by Gasteiger charge is 2.26. The molecule has 6 heteroatoms. The molecule has 0 radical (unpaired) electrons. The lowest BCUT2D eigenvalue weighted by Gasteiger charge is -2.23. The smallest absolute Gasteiger partial charge is 0.215 e. The van der Waals surface area contributed by atoms with Crippen molar-refractivity contribution < 1.29 is 13.5 Å². The third-order valence-corrected chi connectivity index (χ3v) is 5.23. The first-order chi connectivity index (χ1) is 9.08. The third kappa shape index (κ3) is 4.19. The molecule has 1 unspecified atom stereocenters. The number of hydrogen-bond acceptors (Lipinski definition) is 4. The van der Waals surface area contributed by atoms with E-state index >= 15 is 0 Å². The zero-order valence-electron chi connectivity index (χ0n) is 10.8. The Morgan fingerprint density at radius 1 is 1.32 bits per heavy atom. The summed E-state index contributed by atoms with van der Waals surface area (Å²) in [6.07, 6.45) is 2.25. The summed E-state index contributed by atoms with van der Waals surface area (Å²) in [4.78, 5) is 0. The molecular formula is C13H20N2O3S. The molecule has 0 amide bonds. The molecule has 19 heavy (non-hydrogen) atoms. The number of hydrogen-bond donors (Lipinski definition) is 3. The molecule has 1 aromatic rings. The number of sulfonamides is 1. The summed E-state index contributed by atoms with van der Waals surface area (Å²) in [5.74, 6) is 0.220. The Morgan fingerprint density at radius 3 is 2.68 bits per heavy atom. The fourth-order valence-corrected chi connectivity index (χ4v) is 3.64. The first kappa shape index (κ1) is 14.3. The van der Waals surface area contributed by atoms with Gasteiger partial charge in [-0.25, -0.2) is 13.1 Å². The quantitative estimate of drug-likeness (QED) is 0.740. The van der Waals surface area contributed by atoms with Gasteiger partial charge in [-0.1, -0.05) is 12.1 Å². The van der Waals surface area contributed by atoms with Crippen LogP contribution in [-0.4, -0.2) is 38.4 Å². The first-order valence-electron chi connectivity index (χ1n) is 6.55. The van der Waals surface area contributed by atoms with E-state index < -0.39 is 10.0 Å². The van der Waals surface area contributed by atoms with Crippen molar-refractivity contribution in [3.63, 3.8) is 0 Å². The summed E-state index contributed by atoms with van der Waals surface area (Å²) < 4.78 is 26.7. The van der Waals surface area contributed by atoms with Crippen LogP contribution in [0.2, 0.25) is 0 Å². The Kier molecular flexibility index (Phi) is 4.79. The second-order valence-electron chi connectivity index (χ2n) is 4.82. The lowest BCUT2D eigenvalue weighted by atomic mass is 10.1. The van der Waals surface area contributed by atoms with Gasteiger partial charge in [0.1, 0.15) is 5.75 Å². The molecule has 0 saturated carbocycles. The molecule has 0 aromatic heterocycles. The number of aromatic hydroxyl groups is 1. The van der Waals surface area contributed by atoms with Gasteiger partial charge in [0.25, 0.3) is 0 Å². The maximum absolute atomic E-state index is 12.0. The molecule has 3 N–H and O–H groups in total. The summed E-state index contributed by atoms with van der Waals surface area (Å²) in [6, 6.07) is 6.81. The molecule has 1 aliphatic heterocycles. The Hall–Kier alpha value is -1.11. The summed E-state index contributed by atoms with van der Waals surface area (Å²) in [5, 5.41) is 12.0. The van der Waals surface area contributed by atoms with E-state index in [0.29, 0.717) is 19.5 Å². The topological polar surface area (TPSA) is 78.4 Å². The minimum absolute atomic E-state index is 0.220. The number of nitrogens with one attached hydrogen (secondary N) is 2. The molecule has 1 atom stereocenters. The SMILES string of the molecule is O=S(=O)(NCCc1ccc(O)cc1)C1CCCNC1. The van der Waals surface area contributed by atoms with Crippen molar-refractivity contribution in [3.05, 3.63) is 29.8 Å². The van der Waals surface area contributed by atoms with Crippen LogP contribution in [0, 0.1) is 0 Å². The number of piperidine rings is 1. The van der Waals surface area contributed by atoms with Gasteiger partial charge < -0.3 is 10.4 Å². The Bertz CT molecular complexity index is 493. The summed E-state index contributed by atoms with van der Waals surface area (Å²) in [6.45, 7) is 1.83. The highest BCUT2D eigenvalue weighted by Crippen LogP contribution is 2.12. The maximum atomic E-state index is 12.0. The highest BCUT2D eigenvalue weighted by molar-refractivity contribution is 7.90. The van der Waals surface area contributed by atoms with E-state index in [2.05, 4.69) is 10.0 Å². The van der Waals surface area contributed by atoms with Crippen molar-refractivity contribution in [1.82, 2.24) is 10.0 Å². The molecule has 1 saturated heterocycles. The highest BCUT2D eigenvalue weighted by atomic mass is 32.2. The van der Waals surface area contributed by atoms with E-state index in [9.17, 15) is 8.42 Å². The number of benzene rings is 1. The van der Waals surface area contributed by atoms with Crippen LogP contribution in [0.25, 0.3) is 0 Å². The van der Waals surface area contributed by atoms with Crippen molar-refractivity contribution in [3.8, 4) is 5.75 Å². The van der Waals surface area contributed by atoms with E-state index in [0.717, 1.165) is 24.9 Å². The van der Waals surface area contributed by atoms with Gasteiger partial charge in [0, 0.05) is 13.1 Å². The standard InChI is InChI=1S/C13H20N2O3S/c16-12-5-3-11(4-6-12)7-9-15-19(17,18)13-2-1-8-14-10-13/h3-6,13-16H,1-2,7-10H2. The Morgan fingerprint density at radius 2 is 2.05 bits per heavy atom. The van der Waals surface area contributed by atoms with Crippen molar-refractivity contribution in [2.75, 3.05) is 19.6 Å². The van der Waals surface area contributed by atoms with Crippen molar-refractivity contribution in [1.29, 1.82) is 0 Å². The summed E-state index contributed by atoms with van der Waals surface area (Å²) in [7, 11) is -3.22. The van der Waals surface area contributed by atoms with Crippen molar-refractivity contribution >= 4 is 10.0 Å². The van der Waals surface area contributed by atoms with Gasteiger partial charge in [0.15, 0.2) is 0 Å². The average molecular weight is 284 g/mol. The van der Waals surface area contributed by atoms with Gasteiger partial charge in [0.05, 0.1) is 5.25 Å². The number of phenolic OH excluding ortho intramolecular Hbond substituents is 1. The maximum Gasteiger partial charge on any atom is 0.215 e. The van der Waals surface area contributed by atoms with Gasteiger partial charge in [-0.15, -0.1) is 0 Å². The van der Waals surface area contributed by atoms with Crippen LogP contribution in [0.1, 0.15) is 18.4 Å². The third-order valence-electron chi connectivity index (χ3n) is 3.34. The zero-order valence-corrected chi connectivity index (χ0v) is 11.6. The van der Waals surface area contributed by atoms with E-state index in [1.807, 2.05) is 0 Å². The van der Waals surface area contributed by atoms with Gasteiger partial charge in [-0.2, -0.15) is 0 Å². The lowest BCUT2D eigenvalue weighted by Crippen LogP contribution is -2.44. The fourth-order valence-electron chi connectivity index (χ4n) is 2.20. The molecular weight excluding hydrogens is 264 g/mol. The van der Waals surface area contributed by atoms with E-state index in [1.165, 1.54) is 0 Å². The summed E-state index contributed by atoms with van der Waals surface area (Å²) >= 11 is 0. The Balaban J connectivity index is 1.82. The van der Waals surface area contributed by atoms with Crippen LogP contribution in [0.15, 0.2) is 24.3 Å². The molecule has 0 spiro atoms. The second-order valence-corrected chi connectivity index (χ2v) is 6.87. The van der Waals surface area contributed by atoms with Crippen molar-refractivity contribution in [2.45, 2.75) is 24.5 Å². The van der Waals surface area contributed by atoms with Gasteiger partial charge in [-0.05, 0) is 43.5 Å². The van der Waals surface area contributed by atoms with Gasteiger partial charge in [-0.3, -0.25) is 0 Å². The van der Waals surface area contributed by atoms with Crippen LogP contribution in [0.4, 0.5) is 0 Å². The number of phenols is 1. The molecule has 1 fully saturated rings. The van der Waals surface area contributed by atoms with Crippen LogP contribution in [0.5, 0.6) is 5.75 Å². The molecule has 106 valence electrons. The molecule has 0 aliphatic carbocycles. The second kappa shape index (κ2) is 6.36. The Labute approximate surface area is 114 Å². The lowest BCUT2D eigenvalue weighted by molar-refractivity contribution is 0.475. The molecule has 0 bridgehead atoms. The monoisotopic (exact) mass is 284 g/mol. The number of rotatable bonds is 5. The predicted octanol–water partition coefficient (Wildman–Crippen LogP) is 0.606. The minimum atomic E-state index is -3.22. The largest absolute Gasteiger partial charge is 0.508 e. The van der Waals surface area contributed by atoms with Crippen LogP contribution in [-0.2, 0) is 16.4 Å². The molecule has 2 rings (SSSR count). The van der Waals surface area contributed by atoms with Crippen LogP contribution in [0.3, 0.4) is 0 Å². The molecule has 1 aliphatic rings. The first-order valence-corrected chi connectivity index (χ1v) is 8.10. The predicted molar refractivity (Wildman–Crippen MR) is 74.6 cm³/mol. The van der Waals surface area contributed by atoms with Crippen LogP contribution >= 0.6 is 0 Å². The van der Waals surface area contributed by atoms with Gasteiger partial charge >= 0.3 is 0 Å². The van der Waals surface area contributed by atoms with E-state index in [1.54, 1.807) is 24.3 Å². The molecule has 1 heterocycles. The molecule has 1 aromatic carbocycles. The van der Waals surface area contributed by atoms with Crippen LogP contribution < -0.4 is 10.0 Å². The molecule has 5 nitrogen and oxygen atoms in total.